The number of hydrogen-bond acceptors (Lipinski definition) is 3. The summed E-state index contributed by atoms with van der Waals surface area (Å²) in [6.45, 7) is 7.15. The molecule has 0 aliphatic rings. The lowest BCUT2D eigenvalue weighted by Crippen LogP contribution is -2.21. The van der Waals surface area contributed by atoms with E-state index in [-0.39, 0.29) is 0 Å². The van der Waals surface area contributed by atoms with Crippen molar-refractivity contribution in [3.8, 4) is 5.82 Å². The number of pyridine rings is 1. The zero-order valence-corrected chi connectivity index (χ0v) is 10.5. The number of nitrogens with one attached hydrogen (secondary N) is 1. The van der Waals surface area contributed by atoms with Crippen LogP contribution in [0.3, 0.4) is 0 Å². The van der Waals surface area contributed by atoms with Crippen LogP contribution in [0.15, 0.2) is 30.7 Å². The molecule has 2 rings (SSSR count). The minimum atomic E-state index is 0.482. The molecule has 0 radical (unpaired) electrons. The Morgan fingerprint density at radius 2 is 2.24 bits per heavy atom. The van der Waals surface area contributed by atoms with Crippen LogP contribution >= 0.6 is 0 Å². The molecule has 0 amide bonds. The molecule has 0 aromatic carbocycles. The molecule has 0 spiro atoms. The van der Waals surface area contributed by atoms with Gasteiger partial charge < -0.3 is 5.32 Å². The van der Waals surface area contributed by atoms with Crippen LogP contribution < -0.4 is 5.32 Å². The first kappa shape index (κ1) is 11.8. The number of nitrogens with zero attached hydrogens (tertiary/aromatic N) is 3. The van der Waals surface area contributed by atoms with Crippen LogP contribution in [0.25, 0.3) is 5.82 Å². The summed E-state index contributed by atoms with van der Waals surface area (Å²) in [6.07, 6.45) is 5.69. The summed E-state index contributed by atoms with van der Waals surface area (Å²) in [5.41, 5.74) is 2.36. The molecule has 4 nitrogen and oxygen atoms in total. The lowest BCUT2D eigenvalue weighted by Gasteiger charge is -2.05. The van der Waals surface area contributed by atoms with E-state index < -0.39 is 0 Å². The Balaban J connectivity index is 2.12. The van der Waals surface area contributed by atoms with Gasteiger partial charge >= 0.3 is 0 Å². The van der Waals surface area contributed by atoms with Crippen molar-refractivity contribution < 1.29 is 0 Å². The quantitative estimate of drug-likeness (QED) is 0.874. The zero-order chi connectivity index (χ0) is 12.3. The van der Waals surface area contributed by atoms with Gasteiger partial charge in [-0.25, -0.2) is 9.67 Å². The summed E-state index contributed by atoms with van der Waals surface area (Å²) >= 11 is 0. The molecule has 0 saturated carbocycles. The first-order valence-corrected chi connectivity index (χ1v) is 5.85. The van der Waals surface area contributed by atoms with Gasteiger partial charge in [0.25, 0.3) is 0 Å². The van der Waals surface area contributed by atoms with Crippen LogP contribution in [0, 0.1) is 6.92 Å². The maximum atomic E-state index is 4.32. The second-order valence-corrected chi connectivity index (χ2v) is 4.52. The highest BCUT2D eigenvalue weighted by atomic mass is 15.3. The van der Waals surface area contributed by atoms with E-state index in [1.54, 1.807) is 6.20 Å². The van der Waals surface area contributed by atoms with Gasteiger partial charge in [0.15, 0.2) is 5.82 Å². The number of hydrogen-bond donors (Lipinski definition) is 1. The summed E-state index contributed by atoms with van der Waals surface area (Å²) < 4.78 is 1.81. The molecule has 0 aliphatic carbocycles. The molecule has 90 valence electrons. The Morgan fingerprint density at radius 1 is 1.41 bits per heavy atom. The molecule has 0 aliphatic heterocycles. The molecule has 2 aromatic heterocycles. The van der Waals surface area contributed by atoms with E-state index in [2.05, 4.69) is 36.2 Å². The number of rotatable bonds is 4. The molecule has 4 heteroatoms. The van der Waals surface area contributed by atoms with Crippen molar-refractivity contribution in [3.05, 3.63) is 41.9 Å². The van der Waals surface area contributed by atoms with Crippen LogP contribution in [-0.4, -0.2) is 20.8 Å². The predicted octanol–water partition coefficient (Wildman–Crippen LogP) is 2.07. The van der Waals surface area contributed by atoms with Crippen LogP contribution in [0.2, 0.25) is 0 Å². The van der Waals surface area contributed by atoms with E-state index in [0.717, 1.165) is 12.4 Å². The molecule has 2 heterocycles. The maximum absolute atomic E-state index is 4.32. The van der Waals surface area contributed by atoms with Gasteiger partial charge in [-0.05, 0) is 24.6 Å². The number of aryl methyl sites for hydroxylation is 1. The Morgan fingerprint density at radius 3 is 2.94 bits per heavy atom. The molecule has 1 N–H and O–H groups in total. The maximum Gasteiger partial charge on any atom is 0.153 e. The van der Waals surface area contributed by atoms with E-state index in [0.29, 0.717) is 6.04 Å². The highest BCUT2D eigenvalue weighted by molar-refractivity contribution is 5.26. The van der Waals surface area contributed by atoms with Crippen molar-refractivity contribution in [2.45, 2.75) is 33.4 Å². The molecule has 0 atom stereocenters. The summed E-state index contributed by atoms with van der Waals surface area (Å²) in [7, 11) is 0. The fraction of sp³-hybridized carbons (Fsp3) is 0.385. The van der Waals surface area contributed by atoms with E-state index in [4.69, 9.17) is 0 Å². The van der Waals surface area contributed by atoms with Gasteiger partial charge in [0, 0.05) is 30.5 Å². The second-order valence-electron chi connectivity index (χ2n) is 4.52. The normalized spacial score (nSPS) is 11.1. The summed E-state index contributed by atoms with van der Waals surface area (Å²) in [6, 6.07) is 4.48. The molecule has 17 heavy (non-hydrogen) atoms. The highest BCUT2D eigenvalue weighted by Crippen LogP contribution is 2.07. The average molecular weight is 230 g/mol. The third kappa shape index (κ3) is 3.14. The molecule has 0 saturated heterocycles. The fourth-order valence-corrected chi connectivity index (χ4v) is 1.54. The van der Waals surface area contributed by atoms with Crippen molar-refractivity contribution in [2.75, 3.05) is 0 Å². The Hall–Kier alpha value is -1.68. The predicted molar refractivity (Wildman–Crippen MR) is 68.1 cm³/mol. The monoisotopic (exact) mass is 230 g/mol. The SMILES string of the molecule is Cc1ccnc(-n2cc(CNC(C)C)cn2)c1. The third-order valence-corrected chi connectivity index (χ3v) is 2.49. The van der Waals surface area contributed by atoms with Gasteiger partial charge in [0.05, 0.1) is 6.20 Å². The first-order chi connectivity index (χ1) is 8.15. The molecule has 0 unspecified atom stereocenters. The van der Waals surface area contributed by atoms with E-state index in [9.17, 15) is 0 Å². The topological polar surface area (TPSA) is 42.7 Å². The van der Waals surface area contributed by atoms with Crippen LogP contribution in [0.1, 0.15) is 25.0 Å². The Kier molecular flexibility index (Phi) is 3.54. The van der Waals surface area contributed by atoms with E-state index in [1.165, 1.54) is 11.1 Å². The van der Waals surface area contributed by atoms with Crippen molar-refractivity contribution >= 4 is 0 Å². The van der Waals surface area contributed by atoms with Crippen LogP contribution in [0.4, 0.5) is 0 Å². The highest BCUT2D eigenvalue weighted by Gasteiger charge is 2.02. The van der Waals surface area contributed by atoms with Crippen molar-refractivity contribution in [1.82, 2.24) is 20.1 Å². The number of aromatic nitrogens is 3. The summed E-state index contributed by atoms with van der Waals surface area (Å²) in [4.78, 5) is 4.30. The van der Waals surface area contributed by atoms with Gasteiger partial charge in [-0.15, -0.1) is 0 Å². The van der Waals surface area contributed by atoms with Gasteiger partial charge in [-0.3, -0.25) is 0 Å². The first-order valence-electron chi connectivity index (χ1n) is 5.85. The van der Waals surface area contributed by atoms with E-state index >= 15 is 0 Å². The molecular formula is C13H18N4. The fourth-order valence-electron chi connectivity index (χ4n) is 1.54. The standard InChI is InChI=1S/C13H18N4/c1-10(2)15-7-12-8-16-17(9-12)13-6-11(3)4-5-14-13/h4-6,8-10,15H,7H2,1-3H3. The molecule has 2 aromatic rings. The average Bonchev–Trinajstić information content (AvgIpc) is 2.75. The van der Waals surface area contributed by atoms with Crippen molar-refractivity contribution in [3.63, 3.8) is 0 Å². The minimum absolute atomic E-state index is 0.482. The van der Waals surface area contributed by atoms with Gasteiger partial charge in [-0.2, -0.15) is 5.10 Å². The van der Waals surface area contributed by atoms with E-state index in [1.807, 2.05) is 29.2 Å². The zero-order valence-electron chi connectivity index (χ0n) is 10.5. The largest absolute Gasteiger partial charge is 0.310 e. The Labute approximate surface area is 102 Å². The second kappa shape index (κ2) is 5.10. The molecular weight excluding hydrogens is 212 g/mol. The minimum Gasteiger partial charge on any atom is -0.310 e. The van der Waals surface area contributed by atoms with Gasteiger partial charge in [0.1, 0.15) is 0 Å². The smallest absolute Gasteiger partial charge is 0.153 e. The molecule has 0 fully saturated rings. The van der Waals surface area contributed by atoms with Crippen molar-refractivity contribution in [1.29, 1.82) is 0 Å². The lowest BCUT2D eigenvalue weighted by molar-refractivity contribution is 0.589. The van der Waals surface area contributed by atoms with Gasteiger partial charge in [0.2, 0.25) is 0 Å². The Bertz CT molecular complexity index is 488. The third-order valence-electron chi connectivity index (χ3n) is 2.49. The van der Waals surface area contributed by atoms with Crippen molar-refractivity contribution in [2.24, 2.45) is 0 Å². The van der Waals surface area contributed by atoms with Gasteiger partial charge in [-0.1, -0.05) is 13.8 Å². The summed E-state index contributed by atoms with van der Waals surface area (Å²) in [5.74, 6) is 0.862. The van der Waals surface area contributed by atoms with Crippen LogP contribution in [0.5, 0.6) is 0 Å². The summed E-state index contributed by atoms with van der Waals surface area (Å²) in [5, 5.41) is 7.68. The van der Waals surface area contributed by atoms with Crippen LogP contribution in [-0.2, 0) is 6.54 Å². The lowest BCUT2D eigenvalue weighted by atomic mass is 10.3. The molecule has 0 bridgehead atoms.